The average Bonchev–Trinajstić information content (AvgIpc) is 3.36. The zero-order valence-electron chi connectivity index (χ0n) is 18.0. The molecule has 32 heavy (non-hydrogen) atoms. The Balaban J connectivity index is 1.34. The van der Waals surface area contributed by atoms with Crippen molar-refractivity contribution >= 4 is 22.6 Å². The Morgan fingerprint density at radius 2 is 1.72 bits per heavy atom. The lowest BCUT2D eigenvalue weighted by Gasteiger charge is -2.09. The first-order valence-corrected chi connectivity index (χ1v) is 10.5. The second-order valence-corrected chi connectivity index (χ2v) is 7.79. The maximum absolute atomic E-state index is 12.8. The molecule has 0 atom stereocenters. The molecule has 1 amide bonds. The number of aryl methyl sites for hydroxylation is 2. The van der Waals surface area contributed by atoms with Crippen molar-refractivity contribution in [2.75, 3.05) is 5.32 Å². The number of rotatable bonds is 5. The number of carbonyl (C=O) groups is 1. The third-order valence-electron chi connectivity index (χ3n) is 5.59. The molecule has 0 spiro atoms. The van der Waals surface area contributed by atoms with Gasteiger partial charge in [0.05, 0.1) is 11.0 Å². The number of benzene rings is 3. The maximum atomic E-state index is 12.8. The number of para-hydroxylation sites is 1. The number of amides is 1. The first-order chi connectivity index (χ1) is 15.6. The largest absolute Gasteiger partial charge is 0.331 e. The molecule has 2 aromatic heterocycles. The third kappa shape index (κ3) is 3.78. The molecule has 158 valence electrons. The van der Waals surface area contributed by atoms with E-state index in [2.05, 4.69) is 24.4 Å². The molecule has 0 unspecified atom stereocenters. The van der Waals surface area contributed by atoms with E-state index in [1.165, 1.54) is 0 Å². The van der Waals surface area contributed by atoms with E-state index in [0.29, 0.717) is 5.56 Å². The van der Waals surface area contributed by atoms with Crippen molar-refractivity contribution < 1.29 is 4.79 Å². The van der Waals surface area contributed by atoms with Crippen LogP contribution in [0.4, 0.5) is 5.69 Å². The maximum Gasteiger partial charge on any atom is 0.255 e. The van der Waals surface area contributed by atoms with Crippen LogP contribution in [0.15, 0.2) is 85.2 Å². The van der Waals surface area contributed by atoms with Gasteiger partial charge in [0.2, 0.25) is 0 Å². The van der Waals surface area contributed by atoms with Crippen LogP contribution in [0.1, 0.15) is 27.6 Å². The second kappa shape index (κ2) is 8.15. The summed E-state index contributed by atoms with van der Waals surface area (Å²) in [4.78, 5) is 21.8. The van der Waals surface area contributed by atoms with Gasteiger partial charge in [-0.05, 0) is 61.9 Å². The van der Waals surface area contributed by atoms with Crippen LogP contribution in [0.3, 0.4) is 0 Å². The van der Waals surface area contributed by atoms with Gasteiger partial charge in [0, 0.05) is 35.9 Å². The molecule has 0 saturated heterocycles. The van der Waals surface area contributed by atoms with Crippen molar-refractivity contribution in [2.45, 2.75) is 20.4 Å². The highest BCUT2D eigenvalue weighted by atomic mass is 16.1. The first-order valence-electron chi connectivity index (χ1n) is 10.5. The lowest BCUT2D eigenvalue weighted by atomic mass is 10.1. The summed E-state index contributed by atoms with van der Waals surface area (Å²) in [6.07, 6.45) is 3.76. The van der Waals surface area contributed by atoms with E-state index in [9.17, 15) is 4.79 Å². The monoisotopic (exact) mass is 421 g/mol. The van der Waals surface area contributed by atoms with Crippen LogP contribution < -0.4 is 5.32 Å². The summed E-state index contributed by atoms with van der Waals surface area (Å²) in [5.74, 6) is 1.70. The van der Waals surface area contributed by atoms with Crippen molar-refractivity contribution in [3.8, 4) is 5.69 Å². The molecule has 1 N–H and O–H groups in total. The molecule has 0 aliphatic carbocycles. The van der Waals surface area contributed by atoms with Crippen LogP contribution in [-0.2, 0) is 6.54 Å². The molecular formula is C26H23N5O. The van der Waals surface area contributed by atoms with E-state index < -0.39 is 0 Å². The number of hydrogen-bond donors (Lipinski definition) is 1. The Morgan fingerprint density at radius 3 is 2.44 bits per heavy atom. The minimum Gasteiger partial charge on any atom is -0.331 e. The van der Waals surface area contributed by atoms with Crippen molar-refractivity contribution in [3.63, 3.8) is 0 Å². The molecule has 3 aromatic carbocycles. The van der Waals surface area contributed by atoms with Crippen LogP contribution in [-0.4, -0.2) is 25.0 Å². The summed E-state index contributed by atoms with van der Waals surface area (Å²) in [6, 6.07) is 23.6. The van der Waals surface area contributed by atoms with E-state index >= 15 is 0 Å². The minimum absolute atomic E-state index is 0.156. The fraction of sp³-hybridized carbons (Fsp3) is 0.115. The third-order valence-corrected chi connectivity index (χ3v) is 5.59. The van der Waals surface area contributed by atoms with Crippen molar-refractivity contribution in [1.82, 2.24) is 19.1 Å². The Kier molecular flexibility index (Phi) is 5.03. The number of aromatic nitrogens is 4. The molecule has 6 nitrogen and oxygen atoms in total. The molecule has 0 fully saturated rings. The lowest BCUT2D eigenvalue weighted by molar-refractivity contribution is 0.102. The smallest absolute Gasteiger partial charge is 0.255 e. The van der Waals surface area contributed by atoms with Gasteiger partial charge in [0.25, 0.3) is 5.91 Å². The zero-order valence-corrected chi connectivity index (χ0v) is 18.0. The van der Waals surface area contributed by atoms with Gasteiger partial charge in [-0.3, -0.25) is 9.36 Å². The molecule has 2 heterocycles. The molecule has 0 aliphatic rings. The van der Waals surface area contributed by atoms with Crippen molar-refractivity contribution in [1.29, 1.82) is 0 Å². The fourth-order valence-electron chi connectivity index (χ4n) is 3.91. The van der Waals surface area contributed by atoms with Gasteiger partial charge in [-0.2, -0.15) is 0 Å². The highest BCUT2D eigenvalue weighted by molar-refractivity contribution is 6.06. The number of nitrogens with one attached hydrogen (secondary N) is 1. The highest BCUT2D eigenvalue weighted by Gasteiger charge is 2.13. The number of hydrogen-bond acceptors (Lipinski definition) is 3. The van der Waals surface area contributed by atoms with Crippen LogP contribution in [0.2, 0.25) is 0 Å². The summed E-state index contributed by atoms with van der Waals surface area (Å²) >= 11 is 0. The van der Waals surface area contributed by atoms with Gasteiger partial charge in [0.1, 0.15) is 11.6 Å². The Morgan fingerprint density at radius 1 is 0.938 bits per heavy atom. The summed E-state index contributed by atoms with van der Waals surface area (Å²) in [7, 11) is 0. The van der Waals surface area contributed by atoms with Gasteiger partial charge in [-0.15, -0.1) is 0 Å². The lowest BCUT2D eigenvalue weighted by Crippen LogP contribution is -2.12. The van der Waals surface area contributed by atoms with Crippen LogP contribution in [0, 0.1) is 13.8 Å². The van der Waals surface area contributed by atoms with Crippen molar-refractivity contribution in [2.24, 2.45) is 0 Å². The number of nitrogens with zero attached hydrogens (tertiary/aromatic N) is 4. The molecule has 0 aliphatic heterocycles. The topological polar surface area (TPSA) is 64.7 Å². The summed E-state index contributed by atoms with van der Waals surface area (Å²) < 4.78 is 4.18. The molecule has 0 radical (unpaired) electrons. The predicted octanol–water partition coefficient (Wildman–Crippen LogP) is 5.14. The van der Waals surface area contributed by atoms with E-state index in [4.69, 9.17) is 0 Å². The SMILES string of the molecule is Cc1nccn1Cc1ccc(NC(=O)c2ccc3c(c2)nc(C)n3-c2ccccc2)cc1. The van der Waals surface area contributed by atoms with Gasteiger partial charge in [0.15, 0.2) is 0 Å². The molecular weight excluding hydrogens is 398 g/mol. The summed E-state index contributed by atoms with van der Waals surface area (Å²) in [6.45, 7) is 4.70. The minimum atomic E-state index is -0.156. The summed E-state index contributed by atoms with van der Waals surface area (Å²) in [5, 5.41) is 2.98. The fourth-order valence-corrected chi connectivity index (χ4v) is 3.91. The van der Waals surface area contributed by atoms with Crippen LogP contribution in [0.5, 0.6) is 0 Å². The van der Waals surface area contributed by atoms with Gasteiger partial charge in [-0.25, -0.2) is 9.97 Å². The first kappa shape index (κ1) is 19.8. The van der Waals surface area contributed by atoms with Gasteiger partial charge < -0.3 is 9.88 Å². The molecule has 6 heteroatoms. The molecule has 0 saturated carbocycles. The van der Waals surface area contributed by atoms with Crippen LogP contribution in [0.25, 0.3) is 16.7 Å². The Hall–Kier alpha value is -4.19. The quantitative estimate of drug-likeness (QED) is 0.427. The molecule has 5 aromatic rings. The summed E-state index contributed by atoms with van der Waals surface area (Å²) in [5.41, 5.74) is 5.30. The second-order valence-electron chi connectivity index (χ2n) is 7.79. The highest BCUT2D eigenvalue weighted by Crippen LogP contribution is 2.23. The average molecular weight is 422 g/mol. The van der Waals surface area contributed by atoms with Gasteiger partial charge >= 0.3 is 0 Å². The Bertz CT molecular complexity index is 1400. The molecule has 5 rings (SSSR count). The van der Waals surface area contributed by atoms with E-state index in [-0.39, 0.29) is 5.91 Å². The van der Waals surface area contributed by atoms with E-state index in [1.54, 1.807) is 6.20 Å². The van der Waals surface area contributed by atoms with Crippen LogP contribution >= 0.6 is 0 Å². The molecule has 0 bridgehead atoms. The number of fused-ring (bicyclic) bond motifs is 1. The van der Waals surface area contributed by atoms with Gasteiger partial charge in [-0.1, -0.05) is 30.3 Å². The number of anilines is 1. The number of imidazole rings is 2. The predicted molar refractivity (Wildman–Crippen MR) is 126 cm³/mol. The van der Waals surface area contributed by atoms with E-state index in [0.717, 1.165) is 46.2 Å². The van der Waals surface area contributed by atoms with E-state index in [1.807, 2.05) is 92.8 Å². The zero-order chi connectivity index (χ0) is 22.1. The number of carbonyl (C=O) groups excluding carboxylic acids is 1. The standard InChI is InChI=1S/C26H23N5O/c1-18-27-14-15-30(18)17-20-8-11-22(12-9-20)29-26(32)21-10-13-25-24(16-21)28-19(2)31(25)23-6-4-3-5-7-23/h3-16H,17H2,1-2H3,(H,29,32). The Labute approximate surface area is 186 Å². The normalized spacial score (nSPS) is 11.1. The van der Waals surface area contributed by atoms with Crippen molar-refractivity contribution in [3.05, 3.63) is 108 Å².